The van der Waals surface area contributed by atoms with Gasteiger partial charge in [-0.2, -0.15) is 5.10 Å². The minimum atomic E-state index is -0.203. The van der Waals surface area contributed by atoms with Crippen molar-refractivity contribution in [1.82, 2.24) is 25.0 Å². The molecule has 0 bridgehead atoms. The van der Waals surface area contributed by atoms with Gasteiger partial charge >= 0.3 is 6.03 Å². The fourth-order valence-electron chi connectivity index (χ4n) is 3.49. The first-order valence-corrected chi connectivity index (χ1v) is 10.1. The van der Waals surface area contributed by atoms with E-state index in [0.717, 1.165) is 25.0 Å². The van der Waals surface area contributed by atoms with Gasteiger partial charge in [0.05, 0.1) is 12.6 Å². The van der Waals surface area contributed by atoms with Gasteiger partial charge in [-0.15, -0.1) is 0 Å². The zero-order valence-electron chi connectivity index (χ0n) is 16.6. The van der Waals surface area contributed by atoms with Crippen LogP contribution in [-0.2, 0) is 17.8 Å². The van der Waals surface area contributed by atoms with E-state index in [-0.39, 0.29) is 17.9 Å². The van der Waals surface area contributed by atoms with E-state index in [1.807, 2.05) is 36.5 Å². The lowest BCUT2D eigenvalue weighted by Crippen LogP contribution is -2.43. The molecule has 1 aromatic carbocycles. The second-order valence-electron chi connectivity index (χ2n) is 7.28. The molecule has 8 heteroatoms. The van der Waals surface area contributed by atoms with Crippen LogP contribution in [0.2, 0.25) is 0 Å². The van der Waals surface area contributed by atoms with Gasteiger partial charge in [0.15, 0.2) is 5.82 Å². The van der Waals surface area contributed by atoms with Gasteiger partial charge in [-0.3, -0.25) is 0 Å². The minimum absolute atomic E-state index is 0.0222. The molecule has 1 aliphatic heterocycles. The molecule has 2 N–H and O–H groups in total. The van der Waals surface area contributed by atoms with Gasteiger partial charge in [-0.25, -0.2) is 14.5 Å². The average molecular weight is 407 g/mol. The molecule has 1 saturated heterocycles. The summed E-state index contributed by atoms with van der Waals surface area (Å²) < 4.78 is 7.39. The number of phenols is 1. The third kappa shape index (κ3) is 4.96. The van der Waals surface area contributed by atoms with Crippen LogP contribution in [0.5, 0.6) is 5.75 Å². The molecule has 3 heterocycles. The van der Waals surface area contributed by atoms with Gasteiger partial charge in [-0.1, -0.05) is 18.2 Å². The molecule has 2 aromatic heterocycles. The van der Waals surface area contributed by atoms with Crippen LogP contribution in [0.25, 0.3) is 5.82 Å². The van der Waals surface area contributed by atoms with E-state index in [1.165, 1.54) is 0 Å². The molecule has 0 spiro atoms. The van der Waals surface area contributed by atoms with E-state index in [9.17, 15) is 9.90 Å². The van der Waals surface area contributed by atoms with E-state index >= 15 is 0 Å². The van der Waals surface area contributed by atoms with Crippen molar-refractivity contribution in [3.63, 3.8) is 0 Å². The van der Waals surface area contributed by atoms with E-state index in [0.29, 0.717) is 31.0 Å². The van der Waals surface area contributed by atoms with Crippen LogP contribution in [0, 0.1) is 0 Å². The summed E-state index contributed by atoms with van der Waals surface area (Å²) in [4.78, 5) is 19.0. The first-order chi connectivity index (χ1) is 14.7. The number of aromatic nitrogens is 3. The summed E-state index contributed by atoms with van der Waals surface area (Å²) in [5, 5.41) is 17.3. The highest BCUT2D eigenvalue weighted by Crippen LogP contribution is 2.20. The highest BCUT2D eigenvalue weighted by molar-refractivity contribution is 5.74. The zero-order valence-corrected chi connectivity index (χ0v) is 16.6. The highest BCUT2D eigenvalue weighted by Gasteiger charge is 2.23. The van der Waals surface area contributed by atoms with Crippen molar-refractivity contribution in [3.05, 3.63) is 72.2 Å². The normalized spacial score (nSPS) is 15.8. The molecule has 0 radical (unpaired) electrons. The maximum absolute atomic E-state index is 13.0. The van der Waals surface area contributed by atoms with Gasteiger partial charge in [0.2, 0.25) is 0 Å². The molecule has 2 amide bonds. The Bertz CT molecular complexity index is 970. The molecular weight excluding hydrogens is 382 g/mol. The van der Waals surface area contributed by atoms with Gasteiger partial charge in [0, 0.05) is 43.9 Å². The van der Waals surface area contributed by atoms with Crippen molar-refractivity contribution in [2.24, 2.45) is 0 Å². The van der Waals surface area contributed by atoms with Crippen molar-refractivity contribution in [3.8, 4) is 11.6 Å². The summed E-state index contributed by atoms with van der Waals surface area (Å²) in [5.74, 6) is 0.873. The van der Waals surface area contributed by atoms with E-state index in [4.69, 9.17) is 4.74 Å². The first-order valence-electron chi connectivity index (χ1n) is 10.1. The molecule has 156 valence electrons. The molecular formula is C22H25N5O3. The van der Waals surface area contributed by atoms with Crippen molar-refractivity contribution in [2.75, 3.05) is 13.2 Å². The average Bonchev–Trinajstić information content (AvgIpc) is 3.48. The van der Waals surface area contributed by atoms with E-state index in [1.54, 1.807) is 34.1 Å². The molecule has 0 saturated carbocycles. The third-order valence-electron chi connectivity index (χ3n) is 5.08. The smallest absolute Gasteiger partial charge is 0.318 e. The Balaban J connectivity index is 1.43. The van der Waals surface area contributed by atoms with Crippen molar-refractivity contribution < 1.29 is 14.6 Å². The van der Waals surface area contributed by atoms with E-state index in [2.05, 4.69) is 15.4 Å². The van der Waals surface area contributed by atoms with Crippen LogP contribution in [0.15, 0.2) is 61.1 Å². The van der Waals surface area contributed by atoms with Crippen molar-refractivity contribution in [1.29, 1.82) is 0 Å². The predicted octanol–water partition coefficient (Wildman–Crippen LogP) is 2.86. The molecule has 1 unspecified atom stereocenters. The molecule has 4 rings (SSSR count). The van der Waals surface area contributed by atoms with Crippen LogP contribution in [0.1, 0.15) is 24.0 Å². The monoisotopic (exact) mass is 407 g/mol. The molecule has 1 fully saturated rings. The number of benzene rings is 1. The van der Waals surface area contributed by atoms with Crippen molar-refractivity contribution >= 4 is 6.03 Å². The number of rotatable bonds is 7. The predicted molar refractivity (Wildman–Crippen MR) is 111 cm³/mol. The number of para-hydroxylation sites is 1. The second-order valence-corrected chi connectivity index (χ2v) is 7.28. The summed E-state index contributed by atoms with van der Waals surface area (Å²) in [6, 6.07) is 12.5. The number of carbonyl (C=O) groups excluding carboxylic acids is 1. The standard InChI is InChI=1S/C22H25N5O3/c28-20-7-2-1-5-18(20)15-26(16-19-6-3-12-30-19)22(29)24-14-17-8-10-23-21(13-17)27-11-4-9-25-27/h1-2,4-5,7-11,13,19,28H,3,6,12,14-16H2,(H,24,29). The number of amides is 2. The van der Waals surface area contributed by atoms with Crippen LogP contribution in [0.3, 0.4) is 0 Å². The Hall–Kier alpha value is -3.39. The Morgan fingerprint density at radius 3 is 2.93 bits per heavy atom. The number of nitrogens with one attached hydrogen (secondary N) is 1. The lowest BCUT2D eigenvalue weighted by atomic mass is 10.1. The number of nitrogens with zero attached hydrogens (tertiary/aromatic N) is 4. The largest absolute Gasteiger partial charge is 0.508 e. The van der Waals surface area contributed by atoms with Crippen LogP contribution >= 0.6 is 0 Å². The number of carbonyl (C=O) groups is 1. The Morgan fingerprint density at radius 1 is 1.27 bits per heavy atom. The first kappa shape index (κ1) is 19.9. The number of pyridine rings is 1. The van der Waals surface area contributed by atoms with Crippen molar-refractivity contribution in [2.45, 2.75) is 32.0 Å². The number of urea groups is 1. The highest BCUT2D eigenvalue weighted by atomic mass is 16.5. The summed E-state index contributed by atoms with van der Waals surface area (Å²) in [6.07, 6.45) is 7.17. The molecule has 0 aliphatic carbocycles. The molecule has 1 atom stereocenters. The van der Waals surface area contributed by atoms with Gasteiger partial charge in [0.1, 0.15) is 5.75 Å². The molecule has 3 aromatic rings. The second kappa shape index (κ2) is 9.41. The maximum Gasteiger partial charge on any atom is 0.318 e. The summed E-state index contributed by atoms with van der Waals surface area (Å²) in [7, 11) is 0. The number of aromatic hydroxyl groups is 1. The minimum Gasteiger partial charge on any atom is -0.508 e. The lowest BCUT2D eigenvalue weighted by Gasteiger charge is -2.26. The summed E-state index contributed by atoms with van der Waals surface area (Å²) >= 11 is 0. The Kier molecular flexibility index (Phi) is 6.24. The van der Waals surface area contributed by atoms with E-state index < -0.39 is 0 Å². The van der Waals surface area contributed by atoms with Gasteiger partial charge in [0.25, 0.3) is 0 Å². The van der Waals surface area contributed by atoms with Gasteiger partial charge in [-0.05, 0) is 42.7 Å². The molecule has 8 nitrogen and oxygen atoms in total. The topological polar surface area (TPSA) is 92.5 Å². The Labute approximate surface area is 175 Å². The SMILES string of the molecule is O=C(NCc1ccnc(-n2cccn2)c1)N(Cc1ccccc1O)CC1CCCO1. The van der Waals surface area contributed by atoms with Crippen LogP contribution in [-0.4, -0.2) is 50.1 Å². The quantitative estimate of drug-likeness (QED) is 0.628. The van der Waals surface area contributed by atoms with Gasteiger partial charge < -0.3 is 20.1 Å². The number of hydrogen-bond donors (Lipinski definition) is 2. The lowest BCUT2D eigenvalue weighted by molar-refractivity contribution is 0.0792. The summed E-state index contributed by atoms with van der Waals surface area (Å²) in [5.41, 5.74) is 1.62. The fraction of sp³-hybridized carbons (Fsp3) is 0.318. The number of ether oxygens (including phenoxy) is 1. The third-order valence-corrected chi connectivity index (χ3v) is 5.08. The number of phenolic OH excluding ortho intramolecular Hbond substituents is 1. The van der Waals surface area contributed by atoms with Crippen LogP contribution < -0.4 is 5.32 Å². The van der Waals surface area contributed by atoms with Crippen LogP contribution in [0.4, 0.5) is 4.79 Å². The number of hydrogen-bond acceptors (Lipinski definition) is 5. The fourth-order valence-corrected chi connectivity index (χ4v) is 3.49. The maximum atomic E-state index is 13.0. The molecule has 30 heavy (non-hydrogen) atoms. The zero-order chi connectivity index (χ0) is 20.8. The molecule has 1 aliphatic rings. The summed E-state index contributed by atoms with van der Waals surface area (Å²) in [6.45, 7) is 1.88. The Morgan fingerprint density at radius 2 is 2.17 bits per heavy atom.